The molecule has 0 spiro atoms. The van der Waals surface area contributed by atoms with Gasteiger partial charge in [0.05, 0.1) is 7.11 Å². The smallest absolute Gasteiger partial charge is 0.167 e. The third-order valence-electron chi connectivity index (χ3n) is 5.10. The summed E-state index contributed by atoms with van der Waals surface area (Å²) in [6.07, 6.45) is 3.86. The fourth-order valence-electron chi connectivity index (χ4n) is 4.46. The number of methoxy groups -OCH3 is 1. The van der Waals surface area contributed by atoms with E-state index >= 15 is 0 Å². The molecule has 0 radical (unpaired) electrons. The minimum absolute atomic E-state index is 0.302. The fourth-order valence-corrected chi connectivity index (χ4v) is 4.46. The van der Waals surface area contributed by atoms with Crippen LogP contribution in [0, 0.1) is 17.8 Å². The highest BCUT2D eigenvalue weighted by Crippen LogP contribution is 2.61. The molecule has 4 rings (SSSR count). The molecule has 2 bridgehead atoms. The van der Waals surface area contributed by atoms with E-state index in [1.807, 2.05) is 12.1 Å². The number of Topliss-reactive ketones (excluding diaryl/α,β-unsaturated/α-hetero) is 1. The van der Waals surface area contributed by atoms with Crippen LogP contribution in [0.3, 0.4) is 0 Å². The molecule has 3 aliphatic carbocycles. The van der Waals surface area contributed by atoms with E-state index in [9.17, 15) is 4.79 Å². The Hall–Kier alpha value is -1.31. The van der Waals surface area contributed by atoms with Crippen LogP contribution in [0.5, 0.6) is 5.75 Å². The zero-order chi connectivity index (χ0) is 11.6. The lowest BCUT2D eigenvalue weighted by Crippen LogP contribution is -2.20. The van der Waals surface area contributed by atoms with Crippen LogP contribution >= 0.6 is 0 Å². The number of carbonyl (C=O) groups is 1. The summed E-state index contributed by atoms with van der Waals surface area (Å²) >= 11 is 0. The number of benzene rings is 1. The lowest BCUT2D eigenvalue weighted by molar-refractivity contribution is 0.0883. The summed E-state index contributed by atoms with van der Waals surface area (Å²) in [5.74, 6) is 3.51. The molecule has 1 aromatic rings. The summed E-state index contributed by atoms with van der Waals surface area (Å²) in [6, 6.07) is 5.98. The first-order valence-electron chi connectivity index (χ1n) is 6.51. The van der Waals surface area contributed by atoms with Crippen LogP contribution in [0.2, 0.25) is 0 Å². The molecular weight excluding hydrogens is 212 g/mol. The van der Waals surface area contributed by atoms with Crippen molar-refractivity contribution in [2.24, 2.45) is 17.8 Å². The zero-order valence-corrected chi connectivity index (χ0v) is 9.98. The van der Waals surface area contributed by atoms with Gasteiger partial charge in [-0.05, 0) is 60.8 Å². The van der Waals surface area contributed by atoms with E-state index in [2.05, 4.69) is 6.07 Å². The number of ether oxygens (including phenoxy) is 1. The summed E-state index contributed by atoms with van der Waals surface area (Å²) in [6.45, 7) is 0. The minimum atomic E-state index is 0.302. The van der Waals surface area contributed by atoms with Gasteiger partial charge in [-0.25, -0.2) is 0 Å². The van der Waals surface area contributed by atoms with E-state index in [0.717, 1.165) is 17.2 Å². The molecule has 2 heteroatoms. The first-order valence-corrected chi connectivity index (χ1v) is 6.51. The molecule has 4 unspecified atom stereocenters. The van der Waals surface area contributed by atoms with Gasteiger partial charge in [-0.15, -0.1) is 0 Å². The van der Waals surface area contributed by atoms with Crippen molar-refractivity contribution in [1.29, 1.82) is 0 Å². The predicted molar refractivity (Wildman–Crippen MR) is 64.4 cm³/mol. The molecule has 1 aromatic carbocycles. The van der Waals surface area contributed by atoms with Crippen molar-refractivity contribution < 1.29 is 9.53 Å². The number of rotatable bonds is 1. The van der Waals surface area contributed by atoms with Crippen LogP contribution in [0.15, 0.2) is 18.2 Å². The summed E-state index contributed by atoms with van der Waals surface area (Å²) in [5.41, 5.74) is 2.24. The summed E-state index contributed by atoms with van der Waals surface area (Å²) in [7, 11) is 1.69. The van der Waals surface area contributed by atoms with E-state index in [4.69, 9.17) is 4.74 Å². The van der Waals surface area contributed by atoms with Crippen molar-refractivity contribution in [3.8, 4) is 5.75 Å². The highest BCUT2D eigenvalue weighted by Gasteiger charge is 2.55. The Morgan fingerprint density at radius 2 is 1.94 bits per heavy atom. The number of fused-ring (bicyclic) bond motifs is 7. The van der Waals surface area contributed by atoms with Crippen molar-refractivity contribution >= 4 is 5.78 Å². The monoisotopic (exact) mass is 228 g/mol. The van der Waals surface area contributed by atoms with Gasteiger partial charge in [-0.1, -0.05) is 0 Å². The Kier molecular flexibility index (Phi) is 1.78. The second-order valence-electron chi connectivity index (χ2n) is 5.70. The van der Waals surface area contributed by atoms with Crippen LogP contribution in [0.25, 0.3) is 0 Å². The molecule has 3 aliphatic rings. The molecule has 2 nitrogen and oxygen atoms in total. The molecule has 88 valence electrons. The number of carbonyl (C=O) groups excluding carboxylic acids is 1. The largest absolute Gasteiger partial charge is 0.497 e. The third-order valence-corrected chi connectivity index (χ3v) is 5.10. The minimum Gasteiger partial charge on any atom is -0.497 e. The maximum atomic E-state index is 12.4. The Bertz CT molecular complexity index is 506. The Labute approximate surface area is 101 Å². The molecule has 0 aliphatic heterocycles. The average Bonchev–Trinajstić information content (AvgIpc) is 3.02. The van der Waals surface area contributed by atoms with Crippen molar-refractivity contribution in [3.63, 3.8) is 0 Å². The summed E-state index contributed by atoms with van der Waals surface area (Å²) in [4.78, 5) is 12.4. The molecule has 0 N–H and O–H groups in total. The average molecular weight is 228 g/mol. The summed E-state index contributed by atoms with van der Waals surface area (Å²) in [5, 5.41) is 0. The van der Waals surface area contributed by atoms with Crippen LogP contribution in [0.1, 0.15) is 41.1 Å². The maximum Gasteiger partial charge on any atom is 0.167 e. The second kappa shape index (κ2) is 3.12. The van der Waals surface area contributed by atoms with Crippen molar-refractivity contribution in [2.75, 3.05) is 7.11 Å². The van der Waals surface area contributed by atoms with E-state index < -0.39 is 0 Å². The molecular formula is C15H16O2. The summed E-state index contributed by atoms with van der Waals surface area (Å²) < 4.78 is 5.29. The van der Waals surface area contributed by atoms with Crippen molar-refractivity contribution in [1.82, 2.24) is 0 Å². The molecule has 0 heterocycles. The van der Waals surface area contributed by atoms with Gasteiger partial charge in [0, 0.05) is 11.5 Å². The van der Waals surface area contributed by atoms with Gasteiger partial charge in [0.2, 0.25) is 0 Å². The second-order valence-corrected chi connectivity index (χ2v) is 5.70. The van der Waals surface area contributed by atoms with Gasteiger partial charge < -0.3 is 4.74 Å². The van der Waals surface area contributed by atoms with Crippen molar-refractivity contribution in [2.45, 2.75) is 25.2 Å². The van der Waals surface area contributed by atoms with Crippen LogP contribution in [-0.4, -0.2) is 12.9 Å². The number of hydrogen-bond acceptors (Lipinski definition) is 2. The van der Waals surface area contributed by atoms with Gasteiger partial charge in [-0.3, -0.25) is 4.79 Å². The first kappa shape index (κ1) is 9.69. The van der Waals surface area contributed by atoms with Gasteiger partial charge in [-0.2, -0.15) is 0 Å². The highest BCUT2D eigenvalue weighted by molar-refractivity contribution is 6.04. The molecule has 0 aromatic heterocycles. The van der Waals surface area contributed by atoms with Crippen LogP contribution < -0.4 is 4.74 Å². The quantitative estimate of drug-likeness (QED) is 0.738. The number of hydrogen-bond donors (Lipinski definition) is 0. The Balaban J connectivity index is 1.87. The van der Waals surface area contributed by atoms with E-state index in [-0.39, 0.29) is 0 Å². The predicted octanol–water partition coefficient (Wildman–Crippen LogP) is 3.02. The molecule has 4 atom stereocenters. The van der Waals surface area contributed by atoms with E-state index in [1.54, 1.807) is 7.11 Å². The van der Waals surface area contributed by atoms with Gasteiger partial charge in [0.15, 0.2) is 5.78 Å². The highest BCUT2D eigenvalue weighted by atomic mass is 16.5. The topological polar surface area (TPSA) is 26.3 Å². The zero-order valence-electron chi connectivity index (χ0n) is 9.98. The maximum absolute atomic E-state index is 12.4. The van der Waals surface area contributed by atoms with Gasteiger partial charge in [0.25, 0.3) is 0 Å². The molecule has 17 heavy (non-hydrogen) atoms. The van der Waals surface area contributed by atoms with Gasteiger partial charge >= 0.3 is 0 Å². The van der Waals surface area contributed by atoms with E-state index in [1.165, 1.54) is 24.8 Å². The molecule has 2 fully saturated rings. The molecule has 0 saturated heterocycles. The first-order chi connectivity index (χ1) is 8.29. The molecule has 0 amide bonds. The normalized spacial score (nSPS) is 37.1. The Morgan fingerprint density at radius 1 is 1.18 bits per heavy atom. The van der Waals surface area contributed by atoms with Gasteiger partial charge in [0.1, 0.15) is 5.75 Å². The lowest BCUT2D eigenvalue weighted by atomic mass is 9.79. The van der Waals surface area contributed by atoms with E-state index in [0.29, 0.717) is 23.5 Å². The van der Waals surface area contributed by atoms with Crippen LogP contribution in [-0.2, 0) is 0 Å². The lowest BCUT2D eigenvalue weighted by Gasteiger charge is -2.23. The third kappa shape index (κ3) is 1.09. The standard InChI is InChI=1S/C15H16O2/c1-17-10-4-5-11-12(7-10)13-8-2-3-9(6-8)14(13)15(11)16/h4-5,7-9,13-14H,2-3,6H2,1H3. The fraction of sp³-hybridized carbons (Fsp3) is 0.533. The Morgan fingerprint density at radius 3 is 2.71 bits per heavy atom. The SMILES string of the molecule is COc1ccc2c(c1)C1C3CCC(C3)C1C2=O. The number of ketones is 1. The molecule has 2 saturated carbocycles. The van der Waals surface area contributed by atoms with Crippen LogP contribution in [0.4, 0.5) is 0 Å². The van der Waals surface area contributed by atoms with Crippen molar-refractivity contribution in [3.05, 3.63) is 29.3 Å².